The third kappa shape index (κ3) is 2.76. The highest BCUT2D eigenvalue weighted by Crippen LogP contribution is 2.32. The number of amides is 1. The molecule has 2 aromatic heterocycles. The van der Waals surface area contributed by atoms with Gasteiger partial charge in [0.15, 0.2) is 5.76 Å². The maximum Gasteiger partial charge on any atom is 0.291 e. The molecule has 0 fully saturated rings. The van der Waals surface area contributed by atoms with Crippen LogP contribution < -0.4 is 10.2 Å². The molecule has 24 heavy (non-hydrogen) atoms. The van der Waals surface area contributed by atoms with Gasteiger partial charge < -0.3 is 14.6 Å². The number of furan rings is 1. The summed E-state index contributed by atoms with van der Waals surface area (Å²) in [6, 6.07) is 15.5. The Morgan fingerprint density at radius 3 is 2.83 bits per heavy atom. The topological polar surface area (TPSA) is 58.4 Å². The number of nitrogens with one attached hydrogen (secondary N) is 1. The number of nitrogens with zero attached hydrogens (tertiary/aromatic N) is 2. The molecule has 120 valence electrons. The van der Waals surface area contributed by atoms with Gasteiger partial charge in [0.25, 0.3) is 5.91 Å². The average Bonchev–Trinajstić information content (AvgIpc) is 3.17. The molecule has 0 spiro atoms. The Bertz CT molecular complexity index is 841. The number of aryl methyl sites for hydroxylation is 1. The molecule has 0 aliphatic carbocycles. The van der Waals surface area contributed by atoms with Crippen LogP contribution in [-0.4, -0.2) is 17.4 Å². The van der Waals surface area contributed by atoms with Crippen LogP contribution in [0.2, 0.25) is 0 Å². The molecule has 0 atom stereocenters. The highest BCUT2D eigenvalue weighted by Gasteiger charge is 2.18. The standard InChI is InChI=1S/C19H17N3O2/c23-19(17-8-4-12-24-17)21-15-9-10-18(20-13-15)22-11-3-6-14-5-1-2-7-16(14)22/h1-2,4-5,7-10,12-13H,3,6,11H2,(H,21,23). The number of pyridine rings is 1. The largest absolute Gasteiger partial charge is 0.459 e. The van der Waals surface area contributed by atoms with Crippen molar-refractivity contribution in [3.63, 3.8) is 0 Å². The molecule has 1 aromatic carbocycles. The SMILES string of the molecule is O=C(Nc1ccc(N2CCCc3ccccc32)nc1)c1ccco1. The lowest BCUT2D eigenvalue weighted by molar-refractivity contribution is 0.0996. The van der Waals surface area contributed by atoms with Gasteiger partial charge >= 0.3 is 0 Å². The molecule has 1 amide bonds. The molecule has 0 radical (unpaired) electrons. The first-order valence-corrected chi connectivity index (χ1v) is 7.97. The highest BCUT2D eigenvalue weighted by atomic mass is 16.3. The first-order chi connectivity index (χ1) is 11.8. The molecular weight excluding hydrogens is 302 g/mol. The number of carbonyl (C=O) groups is 1. The Morgan fingerprint density at radius 2 is 2.04 bits per heavy atom. The Labute approximate surface area is 139 Å². The van der Waals surface area contributed by atoms with Crippen molar-refractivity contribution in [1.82, 2.24) is 4.98 Å². The van der Waals surface area contributed by atoms with Crippen molar-refractivity contribution in [1.29, 1.82) is 0 Å². The second-order valence-electron chi connectivity index (χ2n) is 5.72. The Kier molecular flexibility index (Phi) is 3.75. The van der Waals surface area contributed by atoms with Gasteiger partial charge in [-0.2, -0.15) is 0 Å². The van der Waals surface area contributed by atoms with E-state index in [0.717, 1.165) is 25.2 Å². The molecule has 1 aliphatic heterocycles. The monoisotopic (exact) mass is 319 g/mol. The molecule has 3 aromatic rings. The van der Waals surface area contributed by atoms with Crippen LogP contribution in [0.3, 0.4) is 0 Å². The van der Waals surface area contributed by atoms with Crippen molar-refractivity contribution < 1.29 is 9.21 Å². The number of carbonyl (C=O) groups excluding carboxylic acids is 1. The summed E-state index contributed by atoms with van der Waals surface area (Å²) >= 11 is 0. The summed E-state index contributed by atoms with van der Waals surface area (Å²) in [5.41, 5.74) is 3.20. The van der Waals surface area contributed by atoms with Gasteiger partial charge in [0.05, 0.1) is 18.1 Å². The van der Waals surface area contributed by atoms with E-state index in [1.54, 1.807) is 18.3 Å². The molecule has 5 nitrogen and oxygen atoms in total. The fourth-order valence-corrected chi connectivity index (χ4v) is 2.99. The number of aromatic nitrogens is 1. The van der Waals surface area contributed by atoms with Crippen molar-refractivity contribution in [3.05, 3.63) is 72.3 Å². The minimum Gasteiger partial charge on any atom is -0.459 e. The molecule has 5 heteroatoms. The summed E-state index contributed by atoms with van der Waals surface area (Å²) in [7, 11) is 0. The van der Waals surface area contributed by atoms with E-state index >= 15 is 0 Å². The first kappa shape index (κ1) is 14.5. The molecule has 0 saturated heterocycles. The van der Waals surface area contributed by atoms with Gasteiger partial charge in [-0.1, -0.05) is 18.2 Å². The minimum atomic E-state index is -0.280. The van der Waals surface area contributed by atoms with Crippen molar-refractivity contribution in [2.75, 3.05) is 16.8 Å². The van der Waals surface area contributed by atoms with E-state index in [1.807, 2.05) is 12.1 Å². The highest BCUT2D eigenvalue weighted by molar-refractivity contribution is 6.02. The number of anilines is 3. The zero-order valence-corrected chi connectivity index (χ0v) is 13.1. The van der Waals surface area contributed by atoms with Gasteiger partial charge in [0.2, 0.25) is 0 Å². The number of hydrogen-bond acceptors (Lipinski definition) is 4. The van der Waals surface area contributed by atoms with Crippen molar-refractivity contribution in [2.45, 2.75) is 12.8 Å². The van der Waals surface area contributed by atoms with Crippen molar-refractivity contribution in [2.24, 2.45) is 0 Å². The molecule has 4 rings (SSSR count). The average molecular weight is 319 g/mol. The zero-order valence-electron chi connectivity index (χ0n) is 13.1. The number of hydrogen-bond donors (Lipinski definition) is 1. The quantitative estimate of drug-likeness (QED) is 0.792. The third-order valence-corrected chi connectivity index (χ3v) is 4.14. The number of para-hydroxylation sites is 1. The first-order valence-electron chi connectivity index (χ1n) is 7.97. The zero-order chi connectivity index (χ0) is 16.4. The Hall–Kier alpha value is -3.08. The number of benzene rings is 1. The van der Waals surface area contributed by atoms with E-state index in [2.05, 4.69) is 39.5 Å². The lowest BCUT2D eigenvalue weighted by Crippen LogP contribution is -2.25. The normalized spacial score (nSPS) is 13.4. The van der Waals surface area contributed by atoms with E-state index in [9.17, 15) is 4.79 Å². The predicted octanol–water partition coefficient (Wildman–Crippen LogP) is 4.01. The second kappa shape index (κ2) is 6.20. The number of rotatable bonds is 3. The van der Waals surface area contributed by atoms with Gasteiger partial charge in [-0.3, -0.25) is 4.79 Å². The van der Waals surface area contributed by atoms with Gasteiger partial charge in [-0.15, -0.1) is 0 Å². The van der Waals surface area contributed by atoms with Crippen LogP contribution in [0.4, 0.5) is 17.2 Å². The summed E-state index contributed by atoms with van der Waals surface area (Å²) in [6.45, 7) is 0.947. The fourth-order valence-electron chi connectivity index (χ4n) is 2.99. The minimum absolute atomic E-state index is 0.280. The van der Waals surface area contributed by atoms with Crippen LogP contribution in [0, 0.1) is 0 Å². The summed E-state index contributed by atoms with van der Waals surface area (Å²) in [4.78, 5) is 18.7. The van der Waals surface area contributed by atoms with Crippen LogP contribution >= 0.6 is 0 Å². The van der Waals surface area contributed by atoms with E-state index in [4.69, 9.17) is 4.42 Å². The molecule has 0 bridgehead atoms. The van der Waals surface area contributed by atoms with E-state index in [1.165, 1.54) is 17.5 Å². The van der Waals surface area contributed by atoms with Gasteiger partial charge in [0.1, 0.15) is 5.82 Å². The van der Waals surface area contributed by atoms with Crippen LogP contribution in [0.1, 0.15) is 22.5 Å². The van der Waals surface area contributed by atoms with Gasteiger partial charge in [-0.05, 0) is 48.7 Å². The molecule has 1 N–H and O–H groups in total. The maximum atomic E-state index is 12.0. The molecule has 1 aliphatic rings. The lowest BCUT2D eigenvalue weighted by atomic mass is 10.0. The molecular formula is C19H17N3O2. The summed E-state index contributed by atoms with van der Waals surface area (Å²) in [5, 5.41) is 2.78. The van der Waals surface area contributed by atoms with Crippen LogP contribution in [-0.2, 0) is 6.42 Å². The summed E-state index contributed by atoms with van der Waals surface area (Å²) < 4.78 is 5.08. The van der Waals surface area contributed by atoms with Crippen molar-refractivity contribution in [3.8, 4) is 0 Å². The summed E-state index contributed by atoms with van der Waals surface area (Å²) in [6.07, 6.45) is 5.36. The Balaban J connectivity index is 1.54. The number of fused-ring (bicyclic) bond motifs is 1. The Morgan fingerprint density at radius 1 is 1.12 bits per heavy atom. The van der Waals surface area contributed by atoms with Crippen LogP contribution in [0.5, 0.6) is 0 Å². The predicted molar refractivity (Wildman–Crippen MR) is 92.7 cm³/mol. The summed E-state index contributed by atoms with van der Waals surface area (Å²) in [5.74, 6) is 0.889. The van der Waals surface area contributed by atoms with Gasteiger partial charge in [0, 0.05) is 12.2 Å². The fraction of sp³-hybridized carbons (Fsp3) is 0.158. The third-order valence-electron chi connectivity index (χ3n) is 4.14. The van der Waals surface area contributed by atoms with E-state index < -0.39 is 0 Å². The molecule has 0 saturated carbocycles. The van der Waals surface area contributed by atoms with Gasteiger partial charge in [-0.25, -0.2) is 4.98 Å². The van der Waals surface area contributed by atoms with Crippen LogP contribution in [0.15, 0.2) is 65.4 Å². The molecule has 0 unspecified atom stereocenters. The van der Waals surface area contributed by atoms with Crippen molar-refractivity contribution >= 4 is 23.1 Å². The smallest absolute Gasteiger partial charge is 0.291 e. The molecule has 3 heterocycles. The maximum absolute atomic E-state index is 12.0. The van der Waals surface area contributed by atoms with E-state index in [0.29, 0.717) is 5.69 Å². The second-order valence-corrected chi connectivity index (χ2v) is 5.72. The lowest BCUT2D eigenvalue weighted by Gasteiger charge is -2.30. The van der Waals surface area contributed by atoms with E-state index in [-0.39, 0.29) is 11.7 Å². The van der Waals surface area contributed by atoms with Crippen LogP contribution in [0.25, 0.3) is 0 Å².